The first-order chi connectivity index (χ1) is 8.58. The Morgan fingerprint density at radius 3 is 2.28 bits per heavy atom. The van der Waals surface area contributed by atoms with Gasteiger partial charge in [0.25, 0.3) is 0 Å². The van der Waals surface area contributed by atoms with Crippen LogP contribution in [0.3, 0.4) is 0 Å². The molecule has 1 aliphatic rings. The van der Waals surface area contributed by atoms with Crippen LogP contribution in [0.5, 0.6) is 0 Å². The summed E-state index contributed by atoms with van der Waals surface area (Å²) in [4.78, 5) is 25.2. The van der Waals surface area contributed by atoms with E-state index in [-0.39, 0.29) is 11.9 Å². The molecule has 18 heavy (non-hydrogen) atoms. The van der Waals surface area contributed by atoms with Crippen molar-refractivity contribution in [1.29, 1.82) is 0 Å². The van der Waals surface area contributed by atoms with Gasteiger partial charge < -0.3 is 5.32 Å². The molecule has 1 rings (SSSR count). The summed E-state index contributed by atoms with van der Waals surface area (Å²) in [7, 11) is 0. The van der Waals surface area contributed by atoms with E-state index in [0.29, 0.717) is 19.0 Å². The van der Waals surface area contributed by atoms with E-state index in [1.807, 2.05) is 13.8 Å². The van der Waals surface area contributed by atoms with Crippen LogP contribution in [0, 0.1) is 5.92 Å². The Kier molecular flexibility index (Phi) is 6.72. The van der Waals surface area contributed by atoms with Crippen LogP contribution in [0.1, 0.15) is 39.5 Å². The average Bonchev–Trinajstić information content (AvgIpc) is 2.54. The van der Waals surface area contributed by atoms with Gasteiger partial charge in [0.15, 0.2) is 0 Å². The minimum atomic E-state index is -0.386. The molecule has 104 valence electrons. The van der Waals surface area contributed by atoms with Gasteiger partial charge in [-0.3, -0.25) is 15.0 Å². The Bertz CT molecular complexity index is 271. The maximum absolute atomic E-state index is 11.7. The first-order valence-corrected chi connectivity index (χ1v) is 6.88. The molecule has 1 aliphatic heterocycles. The summed E-state index contributed by atoms with van der Waals surface area (Å²) in [5, 5.41) is 5.05. The third kappa shape index (κ3) is 6.59. The summed E-state index contributed by atoms with van der Waals surface area (Å²) in [6.45, 7) is 6.86. The molecular formula is C13H25N3O2. The summed E-state index contributed by atoms with van der Waals surface area (Å²) in [6, 6.07) is -0.386. The normalized spacial score (nSPS) is 17.3. The number of carbonyl (C=O) groups is 2. The predicted octanol–water partition coefficient (Wildman–Crippen LogP) is 1.34. The predicted molar refractivity (Wildman–Crippen MR) is 71.3 cm³/mol. The van der Waals surface area contributed by atoms with Gasteiger partial charge in [0.2, 0.25) is 5.91 Å². The number of hydrogen-bond acceptors (Lipinski definition) is 3. The van der Waals surface area contributed by atoms with Crippen LogP contribution in [0.15, 0.2) is 0 Å². The molecule has 0 spiro atoms. The second kappa shape index (κ2) is 8.08. The summed E-state index contributed by atoms with van der Waals surface area (Å²) in [5.74, 6) is 0.176. The number of nitrogens with one attached hydrogen (secondary N) is 2. The highest BCUT2D eigenvalue weighted by Crippen LogP contribution is 2.08. The van der Waals surface area contributed by atoms with Gasteiger partial charge in [-0.25, -0.2) is 4.79 Å². The van der Waals surface area contributed by atoms with Crippen LogP contribution in [0.4, 0.5) is 4.79 Å². The van der Waals surface area contributed by atoms with Crippen LogP contribution in [0.2, 0.25) is 0 Å². The fourth-order valence-corrected chi connectivity index (χ4v) is 2.00. The number of nitrogens with zero attached hydrogens (tertiary/aromatic N) is 1. The number of likely N-dealkylation sites (tertiary alicyclic amines) is 1. The Balaban J connectivity index is 2.21. The smallest absolute Gasteiger partial charge is 0.321 e. The highest BCUT2D eigenvalue weighted by Gasteiger charge is 2.14. The van der Waals surface area contributed by atoms with Gasteiger partial charge in [0.1, 0.15) is 0 Å². The van der Waals surface area contributed by atoms with Crippen molar-refractivity contribution in [1.82, 2.24) is 15.5 Å². The van der Waals surface area contributed by atoms with Crippen LogP contribution in [-0.4, -0.2) is 43.0 Å². The molecule has 0 aromatic carbocycles. The van der Waals surface area contributed by atoms with Crippen molar-refractivity contribution < 1.29 is 9.59 Å². The number of rotatable bonds is 4. The molecule has 2 N–H and O–H groups in total. The van der Waals surface area contributed by atoms with E-state index in [9.17, 15) is 9.59 Å². The lowest BCUT2D eigenvalue weighted by Crippen LogP contribution is -2.45. The van der Waals surface area contributed by atoms with Gasteiger partial charge in [0, 0.05) is 6.54 Å². The van der Waals surface area contributed by atoms with E-state index in [4.69, 9.17) is 0 Å². The zero-order valence-corrected chi connectivity index (χ0v) is 11.5. The van der Waals surface area contributed by atoms with Crippen LogP contribution < -0.4 is 10.6 Å². The molecule has 0 aromatic heterocycles. The summed E-state index contributed by atoms with van der Waals surface area (Å²) in [5.41, 5.74) is 0. The van der Waals surface area contributed by atoms with Crippen molar-refractivity contribution >= 4 is 11.9 Å². The van der Waals surface area contributed by atoms with Crippen molar-refractivity contribution in [3.63, 3.8) is 0 Å². The molecule has 0 saturated carbocycles. The quantitative estimate of drug-likeness (QED) is 0.797. The SMILES string of the molecule is CC(C)CNC(=O)NC(=O)CN1CCCCCC1. The lowest BCUT2D eigenvalue weighted by Gasteiger charge is -2.18. The lowest BCUT2D eigenvalue weighted by molar-refractivity contribution is -0.121. The average molecular weight is 255 g/mol. The zero-order valence-electron chi connectivity index (χ0n) is 11.5. The first kappa shape index (κ1) is 15.0. The van der Waals surface area contributed by atoms with Crippen LogP contribution in [0.25, 0.3) is 0 Å². The lowest BCUT2D eigenvalue weighted by atomic mass is 10.2. The van der Waals surface area contributed by atoms with Gasteiger partial charge in [-0.05, 0) is 31.8 Å². The zero-order chi connectivity index (χ0) is 13.4. The number of hydrogen-bond donors (Lipinski definition) is 2. The van der Waals surface area contributed by atoms with Crippen molar-refractivity contribution in [2.24, 2.45) is 5.92 Å². The van der Waals surface area contributed by atoms with Gasteiger partial charge in [-0.2, -0.15) is 0 Å². The molecule has 1 saturated heterocycles. The maximum atomic E-state index is 11.7. The number of carbonyl (C=O) groups excluding carboxylic acids is 2. The highest BCUT2D eigenvalue weighted by atomic mass is 16.2. The fraction of sp³-hybridized carbons (Fsp3) is 0.846. The summed E-state index contributed by atoms with van der Waals surface area (Å²) in [6.07, 6.45) is 4.78. The van der Waals surface area contributed by atoms with Crippen molar-refractivity contribution in [2.75, 3.05) is 26.2 Å². The first-order valence-electron chi connectivity index (χ1n) is 6.88. The second-order valence-corrected chi connectivity index (χ2v) is 5.34. The maximum Gasteiger partial charge on any atom is 0.321 e. The van der Waals surface area contributed by atoms with E-state index >= 15 is 0 Å². The summed E-state index contributed by atoms with van der Waals surface area (Å²) < 4.78 is 0. The van der Waals surface area contributed by atoms with E-state index in [1.54, 1.807) is 0 Å². The highest BCUT2D eigenvalue weighted by molar-refractivity contribution is 5.95. The molecule has 5 heteroatoms. The van der Waals surface area contributed by atoms with Gasteiger partial charge in [-0.1, -0.05) is 26.7 Å². The van der Waals surface area contributed by atoms with E-state index in [0.717, 1.165) is 25.9 Å². The molecule has 0 aromatic rings. The fourth-order valence-electron chi connectivity index (χ4n) is 2.00. The Morgan fingerprint density at radius 1 is 1.11 bits per heavy atom. The number of amides is 3. The molecule has 1 heterocycles. The third-order valence-corrected chi connectivity index (χ3v) is 2.99. The number of urea groups is 1. The second-order valence-electron chi connectivity index (χ2n) is 5.34. The molecule has 5 nitrogen and oxygen atoms in total. The molecule has 0 unspecified atom stereocenters. The minimum absolute atomic E-state index is 0.210. The van der Waals surface area contributed by atoms with Crippen molar-refractivity contribution in [3.8, 4) is 0 Å². The van der Waals surface area contributed by atoms with E-state index < -0.39 is 0 Å². The minimum Gasteiger partial charge on any atom is -0.338 e. The topological polar surface area (TPSA) is 61.4 Å². The number of imide groups is 1. The largest absolute Gasteiger partial charge is 0.338 e. The van der Waals surface area contributed by atoms with Gasteiger partial charge in [-0.15, -0.1) is 0 Å². The molecule has 0 aliphatic carbocycles. The molecule has 0 atom stereocenters. The monoisotopic (exact) mass is 255 g/mol. The summed E-state index contributed by atoms with van der Waals surface area (Å²) >= 11 is 0. The van der Waals surface area contributed by atoms with Gasteiger partial charge in [0.05, 0.1) is 6.54 Å². The molecule has 3 amide bonds. The molecule has 1 fully saturated rings. The Morgan fingerprint density at radius 2 is 1.72 bits per heavy atom. The molecule has 0 bridgehead atoms. The molecule has 0 radical (unpaired) electrons. The molecular weight excluding hydrogens is 230 g/mol. The van der Waals surface area contributed by atoms with Crippen LogP contribution in [-0.2, 0) is 4.79 Å². The van der Waals surface area contributed by atoms with E-state index in [2.05, 4.69) is 15.5 Å². The Hall–Kier alpha value is -1.10. The van der Waals surface area contributed by atoms with Gasteiger partial charge >= 0.3 is 6.03 Å². The third-order valence-electron chi connectivity index (χ3n) is 2.99. The van der Waals surface area contributed by atoms with Crippen molar-refractivity contribution in [3.05, 3.63) is 0 Å². The standard InChI is InChI=1S/C13H25N3O2/c1-11(2)9-14-13(18)15-12(17)10-16-7-5-3-4-6-8-16/h11H,3-10H2,1-2H3,(H2,14,15,17,18). The van der Waals surface area contributed by atoms with Crippen molar-refractivity contribution in [2.45, 2.75) is 39.5 Å². The van der Waals surface area contributed by atoms with Crippen LogP contribution >= 0.6 is 0 Å². The Labute approximate surface area is 109 Å². The van der Waals surface area contributed by atoms with E-state index in [1.165, 1.54) is 12.8 Å².